The average molecular weight is 324 g/mol. The van der Waals surface area contributed by atoms with Gasteiger partial charge in [0.05, 0.1) is 16.9 Å². The van der Waals surface area contributed by atoms with Crippen molar-refractivity contribution in [1.82, 2.24) is 0 Å². The van der Waals surface area contributed by atoms with E-state index in [9.17, 15) is 8.42 Å². The third kappa shape index (κ3) is 2.60. The van der Waals surface area contributed by atoms with Gasteiger partial charge in [-0.25, -0.2) is 8.42 Å². The van der Waals surface area contributed by atoms with Gasteiger partial charge in [-0.1, -0.05) is 34.1 Å². The first-order valence-corrected chi connectivity index (χ1v) is 8.13. The lowest BCUT2D eigenvalue weighted by Crippen LogP contribution is -2.10. The van der Waals surface area contributed by atoms with E-state index in [1.165, 1.54) is 0 Å². The fraction of sp³-hybridized carbons (Fsp3) is 0.455. The smallest absolute Gasteiger partial charge is 0.150 e. The predicted octanol–water partition coefficient (Wildman–Crippen LogP) is 3.16. The molecule has 2 atom stereocenters. The molecule has 1 aliphatic rings. The molecule has 1 heterocycles. The van der Waals surface area contributed by atoms with E-state index in [-0.39, 0.29) is 22.8 Å². The lowest BCUT2D eigenvalue weighted by molar-refractivity contribution is 0.568. The van der Waals surface area contributed by atoms with Crippen LogP contribution in [0.15, 0.2) is 28.7 Å². The largest absolute Gasteiger partial charge is 0.229 e. The molecule has 0 aliphatic carbocycles. The van der Waals surface area contributed by atoms with Gasteiger partial charge in [-0.3, -0.25) is 0 Å². The summed E-state index contributed by atoms with van der Waals surface area (Å²) < 4.78 is 23.7. The number of alkyl halides is 1. The van der Waals surface area contributed by atoms with Crippen molar-refractivity contribution >= 4 is 37.4 Å². The van der Waals surface area contributed by atoms with E-state index in [1.54, 1.807) is 0 Å². The SMILES string of the molecule is O=S1(=O)CCC(C(Cl)c2ccccc2Br)C1. The van der Waals surface area contributed by atoms with Crippen molar-refractivity contribution in [3.63, 3.8) is 0 Å². The summed E-state index contributed by atoms with van der Waals surface area (Å²) in [6, 6.07) is 7.70. The standard InChI is InChI=1S/C11H12BrClO2S/c12-10-4-2-1-3-9(10)11(13)8-5-6-16(14,15)7-8/h1-4,8,11H,5-7H2. The minimum Gasteiger partial charge on any atom is -0.229 e. The Hall–Kier alpha value is -0.0600. The summed E-state index contributed by atoms with van der Waals surface area (Å²) in [5.41, 5.74) is 0.978. The molecule has 2 unspecified atom stereocenters. The first-order chi connectivity index (χ1) is 7.49. The summed E-state index contributed by atoms with van der Waals surface area (Å²) in [4.78, 5) is 0. The Morgan fingerprint density at radius 2 is 2.06 bits per heavy atom. The highest BCUT2D eigenvalue weighted by molar-refractivity contribution is 9.10. The molecule has 1 aromatic rings. The van der Waals surface area contributed by atoms with Crippen molar-refractivity contribution in [3.05, 3.63) is 34.3 Å². The third-order valence-corrected chi connectivity index (χ3v) is 5.99. The highest BCUT2D eigenvalue weighted by atomic mass is 79.9. The minimum absolute atomic E-state index is 0.0327. The zero-order chi connectivity index (χ0) is 11.8. The molecule has 88 valence electrons. The Balaban J connectivity index is 2.21. The number of rotatable bonds is 2. The third-order valence-electron chi connectivity index (χ3n) is 2.88. The molecule has 2 nitrogen and oxygen atoms in total. The summed E-state index contributed by atoms with van der Waals surface area (Å²) in [7, 11) is -2.86. The first kappa shape index (κ1) is 12.4. The van der Waals surface area contributed by atoms with Gasteiger partial charge in [-0.2, -0.15) is 0 Å². The summed E-state index contributed by atoms with van der Waals surface area (Å²) in [6.45, 7) is 0. The van der Waals surface area contributed by atoms with Crippen LogP contribution in [0.2, 0.25) is 0 Å². The van der Waals surface area contributed by atoms with E-state index in [4.69, 9.17) is 11.6 Å². The lowest BCUT2D eigenvalue weighted by atomic mass is 9.98. The Kier molecular flexibility index (Phi) is 3.62. The minimum atomic E-state index is -2.86. The van der Waals surface area contributed by atoms with E-state index >= 15 is 0 Å². The van der Waals surface area contributed by atoms with Gasteiger partial charge in [-0.05, 0) is 24.0 Å². The van der Waals surface area contributed by atoms with Gasteiger partial charge < -0.3 is 0 Å². The van der Waals surface area contributed by atoms with E-state index in [0.717, 1.165) is 10.0 Å². The molecule has 16 heavy (non-hydrogen) atoms. The molecule has 0 saturated carbocycles. The summed E-state index contributed by atoms with van der Waals surface area (Å²) >= 11 is 9.79. The molecule has 1 saturated heterocycles. The molecule has 0 amide bonds. The molecule has 0 N–H and O–H groups in total. The lowest BCUT2D eigenvalue weighted by Gasteiger charge is -2.17. The zero-order valence-corrected chi connectivity index (χ0v) is 11.7. The van der Waals surface area contributed by atoms with Crippen molar-refractivity contribution in [3.8, 4) is 0 Å². The predicted molar refractivity (Wildman–Crippen MR) is 69.5 cm³/mol. The van der Waals surface area contributed by atoms with Gasteiger partial charge in [0.25, 0.3) is 0 Å². The number of sulfone groups is 1. The van der Waals surface area contributed by atoms with Crippen LogP contribution >= 0.6 is 27.5 Å². The Morgan fingerprint density at radius 3 is 2.62 bits per heavy atom. The van der Waals surface area contributed by atoms with E-state index < -0.39 is 9.84 Å². The van der Waals surface area contributed by atoms with Crippen molar-refractivity contribution in [2.24, 2.45) is 5.92 Å². The molecule has 5 heteroatoms. The zero-order valence-electron chi connectivity index (χ0n) is 8.57. The number of hydrogen-bond acceptors (Lipinski definition) is 2. The van der Waals surface area contributed by atoms with Crippen LogP contribution in [-0.4, -0.2) is 19.9 Å². The van der Waals surface area contributed by atoms with Crippen LogP contribution in [0.25, 0.3) is 0 Å². The topological polar surface area (TPSA) is 34.1 Å². The molecule has 1 aromatic carbocycles. The molecule has 1 aliphatic heterocycles. The number of hydrogen-bond donors (Lipinski definition) is 0. The molecule has 2 rings (SSSR count). The number of benzene rings is 1. The Labute approximate surface area is 109 Å². The molecule has 0 radical (unpaired) electrons. The van der Waals surface area contributed by atoms with Crippen LogP contribution in [0.4, 0.5) is 0 Å². The highest BCUT2D eigenvalue weighted by Crippen LogP contribution is 2.39. The van der Waals surface area contributed by atoms with Gasteiger partial charge in [-0.15, -0.1) is 11.6 Å². The summed E-state index contributed by atoms with van der Waals surface area (Å²) in [5, 5.41) is -0.229. The van der Waals surface area contributed by atoms with Crippen molar-refractivity contribution in [1.29, 1.82) is 0 Å². The second kappa shape index (κ2) is 4.67. The van der Waals surface area contributed by atoms with E-state index in [0.29, 0.717) is 6.42 Å². The van der Waals surface area contributed by atoms with Gasteiger partial charge in [0.2, 0.25) is 0 Å². The highest BCUT2D eigenvalue weighted by Gasteiger charge is 2.34. The molecular formula is C11H12BrClO2S. The van der Waals surface area contributed by atoms with Crippen LogP contribution in [-0.2, 0) is 9.84 Å². The fourth-order valence-electron chi connectivity index (χ4n) is 2.01. The Morgan fingerprint density at radius 1 is 1.38 bits per heavy atom. The van der Waals surface area contributed by atoms with Crippen molar-refractivity contribution < 1.29 is 8.42 Å². The van der Waals surface area contributed by atoms with Crippen LogP contribution < -0.4 is 0 Å². The van der Waals surface area contributed by atoms with Crippen LogP contribution in [0, 0.1) is 5.92 Å². The van der Waals surface area contributed by atoms with Gasteiger partial charge in [0.15, 0.2) is 9.84 Å². The maximum absolute atomic E-state index is 11.4. The summed E-state index contributed by atoms with van der Waals surface area (Å²) in [5.74, 6) is 0.513. The van der Waals surface area contributed by atoms with Crippen LogP contribution in [0.1, 0.15) is 17.4 Å². The number of halogens is 2. The first-order valence-electron chi connectivity index (χ1n) is 5.08. The molecular weight excluding hydrogens is 312 g/mol. The second-order valence-electron chi connectivity index (χ2n) is 4.09. The summed E-state index contributed by atoms with van der Waals surface area (Å²) in [6.07, 6.45) is 0.665. The van der Waals surface area contributed by atoms with Crippen LogP contribution in [0.5, 0.6) is 0 Å². The van der Waals surface area contributed by atoms with Crippen molar-refractivity contribution in [2.75, 3.05) is 11.5 Å². The van der Waals surface area contributed by atoms with E-state index in [1.807, 2.05) is 24.3 Å². The van der Waals surface area contributed by atoms with Gasteiger partial charge in [0.1, 0.15) is 0 Å². The molecule has 1 fully saturated rings. The normalized spacial score (nSPS) is 25.5. The second-order valence-corrected chi connectivity index (χ2v) is 7.64. The van der Waals surface area contributed by atoms with Crippen LogP contribution in [0.3, 0.4) is 0 Å². The maximum atomic E-state index is 11.4. The van der Waals surface area contributed by atoms with E-state index in [2.05, 4.69) is 15.9 Å². The van der Waals surface area contributed by atoms with Gasteiger partial charge in [0, 0.05) is 4.47 Å². The van der Waals surface area contributed by atoms with Crippen molar-refractivity contribution in [2.45, 2.75) is 11.8 Å². The maximum Gasteiger partial charge on any atom is 0.150 e. The monoisotopic (exact) mass is 322 g/mol. The van der Waals surface area contributed by atoms with Gasteiger partial charge >= 0.3 is 0 Å². The Bertz CT molecular complexity index is 487. The fourth-order valence-corrected chi connectivity index (χ4v) is 5.02. The average Bonchev–Trinajstić information content (AvgIpc) is 2.59. The molecule has 0 bridgehead atoms. The molecule has 0 aromatic heterocycles. The quantitative estimate of drug-likeness (QED) is 0.784. The molecule has 0 spiro atoms.